The van der Waals surface area contributed by atoms with Crippen LogP contribution < -0.4 is 5.32 Å². The van der Waals surface area contributed by atoms with Gasteiger partial charge in [-0.05, 0) is 36.0 Å². The Morgan fingerprint density at radius 2 is 2.24 bits per heavy atom. The van der Waals surface area contributed by atoms with Crippen molar-refractivity contribution in [2.45, 2.75) is 12.1 Å². The summed E-state index contributed by atoms with van der Waals surface area (Å²) in [6.45, 7) is 0.578. The molecule has 0 saturated carbocycles. The van der Waals surface area contributed by atoms with Crippen LogP contribution in [0.3, 0.4) is 0 Å². The van der Waals surface area contributed by atoms with Gasteiger partial charge in [0, 0.05) is 32.2 Å². The smallest absolute Gasteiger partial charge is 0.170 e. The van der Waals surface area contributed by atoms with E-state index in [0.717, 1.165) is 11.3 Å². The Bertz CT molecular complexity index is 628. The molecule has 5 nitrogen and oxygen atoms in total. The van der Waals surface area contributed by atoms with E-state index in [9.17, 15) is 5.11 Å². The van der Waals surface area contributed by atoms with Crippen molar-refractivity contribution in [1.29, 1.82) is 0 Å². The van der Waals surface area contributed by atoms with Gasteiger partial charge in [0.1, 0.15) is 0 Å². The molecule has 0 radical (unpaired) electrons. The molecule has 3 heterocycles. The number of nitrogens with zero attached hydrogens (tertiary/aromatic N) is 3. The fraction of sp³-hybridized carbons (Fsp3) is 0.333. The molecule has 6 heteroatoms. The van der Waals surface area contributed by atoms with Gasteiger partial charge in [-0.15, -0.1) is 0 Å². The molecule has 110 valence electrons. The number of aliphatic hydroxyl groups excluding tert-OH is 1. The number of pyridine rings is 1. The first-order chi connectivity index (χ1) is 10.2. The number of hydrogen-bond acceptors (Lipinski definition) is 3. The summed E-state index contributed by atoms with van der Waals surface area (Å²) in [5, 5.41) is 13.3. The summed E-state index contributed by atoms with van der Waals surface area (Å²) >= 11 is 5.44. The molecule has 1 saturated heterocycles. The second-order valence-corrected chi connectivity index (χ2v) is 5.54. The molecule has 21 heavy (non-hydrogen) atoms. The number of nitrogens with one attached hydrogen (secondary N) is 1. The van der Waals surface area contributed by atoms with Crippen molar-refractivity contribution < 1.29 is 5.11 Å². The highest BCUT2D eigenvalue weighted by Crippen LogP contribution is 2.38. The van der Waals surface area contributed by atoms with Gasteiger partial charge < -0.3 is 19.9 Å². The lowest BCUT2D eigenvalue weighted by Gasteiger charge is -2.26. The van der Waals surface area contributed by atoms with Crippen molar-refractivity contribution in [2.24, 2.45) is 7.05 Å². The van der Waals surface area contributed by atoms with Gasteiger partial charge in [0.15, 0.2) is 5.11 Å². The lowest BCUT2D eigenvalue weighted by Crippen LogP contribution is -2.32. The number of hydrogen-bond donors (Lipinski definition) is 2. The van der Waals surface area contributed by atoms with Crippen molar-refractivity contribution in [2.75, 3.05) is 13.2 Å². The molecule has 0 bridgehead atoms. The van der Waals surface area contributed by atoms with Crippen LogP contribution in [-0.2, 0) is 7.05 Å². The second kappa shape index (κ2) is 5.83. The molecular weight excluding hydrogens is 284 g/mol. The minimum Gasteiger partial charge on any atom is -0.395 e. The summed E-state index contributed by atoms with van der Waals surface area (Å²) in [6, 6.07) is 8.00. The molecule has 2 aromatic heterocycles. The second-order valence-electron chi connectivity index (χ2n) is 5.15. The molecule has 0 spiro atoms. The number of β-amino-alcohol motifs (C(OH)–C–C–N with tert-alkyl or cyclic N) is 1. The maximum atomic E-state index is 9.32. The summed E-state index contributed by atoms with van der Waals surface area (Å²) in [7, 11) is 2.00. The Morgan fingerprint density at radius 3 is 2.86 bits per heavy atom. The maximum Gasteiger partial charge on any atom is 0.170 e. The van der Waals surface area contributed by atoms with E-state index in [0.29, 0.717) is 11.7 Å². The van der Waals surface area contributed by atoms with Gasteiger partial charge in [0.05, 0.1) is 24.4 Å². The molecule has 2 N–H and O–H groups in total. The van der Waals surface area contributed by atoms with E-state index < -0.39 is 0 Å². The van der Waals surface area contributed by atoms with E-state index in [-0.39, 0.29) is 18.7 Å². The highest BCUT2D eigenvalue weighted by atomic mass is 32.1. The fourth-order valence-electron chi connectivity index (χ4n) is 2.82. The Morgan fingerprint density at radius 1 is 1.38 bits per heavy atom. The van der Waals surface area contributed by atoms with E-state index in [2.05, 4.69) is 22.6 Å². The number of thiocarbonyl (C=S) groups is 1. The van der Waals surface area contributed by atoms with Crippen LogP contribution >= 0.6 is 12.2 Å². The number of aliphatic hydroxyl groups is 1. The van der Waals surface area contributed by atoms with Gasteiger partial charge in [-0.1, -0.05) is 6.07 Å². The molecule has 0 aliphatic carbocycles. The minimum absolute atomic E-state index is 0.00681. The van der Waals surface area contributed by atoms with E-state index in [1.807, 2.05) is 40.9 Å². The van der Waals surface area contributed by atoms with Crippen LogP contribution in [0.2, 0.25) is 0 Å². The quantitative estimate of drug-likeness (QED) is 0.836. The fourth-order valence-corrected chi connectivity index (χ4v) is 3.15. The lowest BCUT2D eigenvalue weighted by atomic mass is 9.99. The van der Waals surface area contributed by atoms with Crippen LogP contribution in [0.15, 0.2) is 42.9 Å². The van der Waals surface area contributed by atoms with E-state index in [1.54, 1.807) is 6.20 Å². The summed E-state index contributed by atoms with van der Waals surface area (Å²) in [6.07, 6.45) is 5.89. The van der Waals surface area contributed by atoms with Gasteiger partial charge >= 0.3 is 0 Å². The third kappa shape index (κ3) is 2.64. The van der Waals surface area contributed by atoms with Crippen LogP contribution in [-0.4, -0.2) is 37.8 Å². The molecule has 2 atom stereocenters. The standard InChI is InChI=1S/C15H18N4OS/c1-18-7-5-11(10-18)14-13(12-4-2-3-6-16-12)17-15(21)19(14)8-9-20/h2-7,10,13-14,20H,8-9H2,1H3,(H,17,21). The van der Waals surface area contributed by atoms with Crippen molar-refractivity contribution in [3.05, 3.63) is 54.1 Å². The zero-order valence-corrected chi connectivity index (χ0v) is 12.6. The first-order valence-corrected chi connectivity index (χ1v) is 7.32. The Labute approximate surface area is 129 Å². The molecular formula is C15H18N4OS. The van der Waals surface area contributed by atoms with Gasteiger partial charge in [-0.3, -0.25) is 4.98 Å². The Balaban J connectivity index is 2.00. The normalized spacial score (nSPS) is 21.6. The van der Waals surface area contributed by atoms with Crippen LogP contribution in [0.25, 0.3) is 0 Å². The first kappa shape index (κ1) is 14.0. The van der Waals surface area contributed by atoms with Gasteiger partial charge in [0.25, 0.3) is 0 Å². The van der Waals surface area contributed by atoms with Gasteiger partial charge in [0.2, 0.25) is 0 Å². The van der Waals surface area contributed by atoms with Gasteiger partial charge in [-0.25, -0.2) is 0 Å². The van der Waals surface area contributed by atoms with E-state index >= 15 is 0 Å². The van der Waals surface area contributed by atoms with Crippen LogP contribution in [0, 0.1) is 0 Å². The summed E-state index contributed by atoms with van der Waals surface area (Å²) in [5.74, 6) is 0. The highest BCUT2D eigenvalue weighted by Gasteiger charge is 2.39. The predicted octanol–water partition coefficient (Wildman–Crippen LogP) is 1.38. The molecule has 1 aliphatic rings. The Kier molecular flexibility index (Phi) is 3.90. The zero-order chi connectivity index (χ0) is 14.8. The molecule has 2 unspecified atom stereocenters. The SMILES string of the molecule is Cn1ccc(C2C(c3ccccn3)NC(=S)N2CCO)c1. The average Bonchev–Trinajstić information content (AvgIpc) is 3.05. The van der Waals surface area contributed by atoms with Gasteiger partial charge in [-0.2, -0.15) is 0 Å². The summed E-state index contributed by atoms with van der Waals surface area (Å²) in [5.41, 5.74) is 2.11. The Hall–Kier alpha value is -1.92. The monoisotopic (exact) mass is 302 g/mol. The molecule has 3 rings (SSSR count). The van der Waals surface area contributed by atoms with Crippen LogP contribution in [0.4, 0.5) is 0 Å². The third-order valence-electron chi connectivity index (χ3n) is 3.74. The molecule has 0 aromatic carbocycles. The van der Waals surface area contributed by atoms with Crippen molar-refractivity contribution >= 4 is 17.3 Å². The van der Waals surface area contributed by atoms with Crippen molar-refractivity contribution in [1.82, 2.24) is 19.8 Å². The largest absolute Gasteiger partial charge is 0.395 e. The summed E-state index contributed by atoms with van der Waals surface area (Å²) in [4.78, 5) is 6.49. The molecule has 1 aliphatic heterocycles. The first-order valence-electron chi connectivity index (χ1n) is 6.91. The zero-order valence-electron chi connectivity index (χ0n) is 11.8. The van der Waals surface area contributed by atoms with Crippen LogP contribution in [0.5, 0.6) is 0 Å². The van der Waals surface area contributed by atoms with Crippen molar-refractivity contribution in [3.63, 3.8) is 0 Å². The number of rotatable bonds is 4. The lowest BCUT2D eigenvalue weighted by molar-refractivity contribution is 0.223. The third-order valence-corrected chi connectivity index (χ3v) is 4.09. The molecule has 0 amide bonds. The topological polar surface area (TPSA) is 53.3 Å². The predicted molar refractivity (Wildman–Crippen MR) is 84.7 cm³/mol. The van der Waals surface area contributed by atoms with Crippen LogP contribution in [0.1, 0.15) is 23.3 Å². The van der Waals surface area contributed by atoms with E-state index in [1.165, 1.54) is 0 Å². The molecule has 2 aromatic rings. The number of aryl methyl sites for hydroxylation is 1. The number of aromatic nitrogens is 2. The highest BCUT2D eigenvalue weighted by molar-refractivity contribution is 7.80. The maximum absolute atomic E-state index is 9.32. The van der Waals surface area contributed by atoms with Crippen molar-refractivity contribution in [3.8, 4) is 0 Å². The average molecular weight is 302 g/mol. The van der Waals surface area contributed by atoms with E-state index in [4.69, 9.17) is 12.2 Å². The molecule has 1 fully saturated rings. The minimum atomic E-state index is -0.00681. The summed E-state index contributed by atoms with van der Waals surface area (Å²) < 4.78 is 2.02.